The van der Waals surface area contributed by atoms with E-state index in [1.165, 1.54) is 5.56 Å². The van der Waals surface area contributed by atoms with Crippen molar-refractivity contribution in [2.75, 3.05) is 46.9 Å². The molecule has 5 heteroatoms. The number of hydrogen-bond donors (Lipinski definition) is 1. The third kappa shape index (κ3) is 3.45. The van der Waals surface area contributed by atoms with Crippen molar-refractivity contribution in [1.82, 2.24) is 10.2 Å². The van der Waals surface area contributed by atoms with Crippen molar-refractivity contribution in [3.05, 3.63) is 21.7 Å². The highest BCUT2D eigenvalue weighted by molar-refractivity contribution is 9.10. The van der Waals surface area contributed by atoms with Gasteiger partial charge < -0.3 is 19.7 Å². The molecule has 20 heavy (non-hydrogen) atoms. The summed E-state index contributed by atoms with van der Waals surface area (Å²) in [7, 11) is 3.40. The van der Waals surface area contributed by atoms with Crippen LogP contribution in [0, 0.1) is 6.92 Å². The van der Waals surface area contributed by atoms with E-state index in [0.717, 1.165) is 60.7 Å². The first-order valence-electron chi connectivity index (χ1n) is 7.00. The number of rotatable bonds is 5. The lowest BCUT2D eigenvalue weighted by Gasteiger charge is -2.27. The first-order chi connectivity index (χ1) is 9.67. The highest BCUT2D eigenvalue weighted by Crippen LogP contribution is 2.39. The summed E-state index contributed by atoms with van der Waals surface area (Å²) in [6.07, 6.45) is 0.971. The van der Waals surface area contributed by atoms with Crippen molar-refractivity contribution >= 4 is 15.9 Å². The predicted octanol–water partition coefficient (Wildman–Crippen LogP) is 2.22. The molecule has 1 N–H and O–H groups in total. The molecule has 0 radical (unpaired) electrons. The fraction of sp³-hybridized carbons (Fsp3) is 0.600. The Kier molecular flexibility index (Phi) is 5.69. The van der Waals surface area contributed by atoms with Gasteiger partial charge in [0.05, 0.1) is 14.2 Å². The molecule has 0 aromatic heterocycles. The van der Waals surface area contributed by atoms with Crippen molar-refractivity contribution in [2.24, 2.45) is 0 Å². The van der Waals surface area contributed by atoms with E-state index in [2.05, 4.69) is 32.2 Å². The zero-order chi connectivity index (χ0) is 14.5. The Hall–Kier alpha value is -0.780. The molecule has 1 aromatic carbocycles. The van der Waals surface area contributed by atoms with Crippen molar-refractivity contribution in [2.45, 2.75) is 13.3 Å². The summed E-state index contributed by atoms with van der Waals surface area (Å²) in [5.41, 5.74) is 2.27. The standard InChI is InChI=1S/C15H23BrN2O2/c1-11-13(16)10-12(15(20-3)14(11)19-2)4-7-18-8-5-17-6-9-18/h10,17H,4-9H2,1-3H3. The lowest BCUT2D eigenvalue weighted by Crippen LogP contribution is -2.44. The van der Waals surface area contributed by atoms with Gasteiger partial charge in [0.25, 0.3) is 0 Å². The molecule has 4 nitrogen and oxygen atoms in total. The molecule has 0 atom stereocenters. The van der Waals surface area contributed by atoms with Crippen LogP contribution in [0.5, 0.6) is 11.5 Å². The predicted molar refractivity (Wildman–Crippen MR) is 85.0 cm³/mol. The monoisotopic (exact) mass is 342 g/mol. The first kappa shape index (κ1) is 15.6. The van der Waals surface area contributed by atoms with E-state index >= 15 is 0 Å². The molecule has 1 aliphatic heterocycles. The number of nitrogens with zero attached hydrogens (tertiary/aromatic N) is 1. The Morgan fingerprint density at radius 2 is 1.85 bits per heavy atom. The van der Waals surface area contributed by atoms with Gasteiger partial charge in [-0.05, 0) is 19.4 Å². The number of halogens is 1. The van der Waals surface area contributed by atoms with Gasteiger partial charge in [-0.2, -0.15) is 0 Å². The molecule has 2 rings (SSSR count). The number of nitrogens with one attached hydrogen (secondary N) is 1. The van der Waals surface area contributed by atoms with E-state index in [-0.39, 0.29) is 0 Å². The molecule has 0 saturated carbocycles. The van der Waals surface area contributed by atoms with Crippen molar-refractivity contribution < 1.29 is 9.47 Å². The zero-order valence-electron chi connectivity index (χ0n) is 12.5. The summed E-state index contributed by atoms with van der Waals surface area (Å²) in [5.74, 6) is 1.69. The van der Waals surface area contributed by atoms with Gasteiger partial charge in [0, 0.05) is 48.3 Å². The Bertz CT molecular complexity index is 460. The third-order valence-corrected chi connectivity index (χ3v) is 4.64. The maximum atomic E-state index is 5.57. The molecular weight excluding hydrogens is 320 g/mol. The van der Waals surface area contributed by atoms with Gasteiger partial charge in [0.2, 0.25) is 0 Å². The van der Waals surface area contributed by atoms with Crippen LogP contribution in [0.15, 0.2) is 10.5 Å². The summed E-state index contributed by atoms with van der Waals surface area (Å²) in [6.45, 7) is 7.48. The lowest BCUT2D eigenvalue weighted by molar-refractivity contribution is 0.242. The quantitative estimate of drug-likeness (QED) is 0.889. The van der Waals surface area contributed by atoms with Gasteiger partial charge in [-0.25, -0.2) is 0 Å². The summed E-state index contributed by atoms with van der Waals surface area (Å²) in [6, 6.07) is 2.15. The van der Waals surface area contributed by atoms with E-state index in [9.17, 15) is 0 Å². The van der Waals surface area contributed by atoms with Gasteiger partial charge in [-0.1, -0.05) is 15.9 Å². The maximum absolute atomic E-state index is 5.57. The highest BCUT2D eigenvalue weighted by atomic mass is 79.9. The Morgan fingerprint density at radius 3 is 2.45 bits per heavy atom. The van der Waals surface area contributed by atoms with E-state index in [1.807, 2.05) is 6.92 Å². The zero-order valence-corrected chi connectivity index (χ0v) is 14.0. The summed E-state index contributed by atoms with van der Waals surface area (Å²) >= 11 is 3.61. The molecule has 1 aromatic rings. The molecule has 0 amide bonds. The van der Waals surface area contributed by atoms with E-state index < -0.39 is 0 Å². The second kappa shape index (κ2) is 7.29. The summed E-state index contributed by atoms with van der Waals surface area (Å²) < 4.78 is 12.1. The molecule has 112 valence electrons. The van der Waals surface area contributed by atoms with Gasteiger partial charge in [0.1, 0.15) is 0 Å². The lowest BCUT2D eigenvalue weighted by atomic mass is 10.1. The minimum atomic E-state index is 0.831. The average Bonchev–Trinajstić information content (AvgIpc) is 2.48. The minimum absolute atomic E-state index is 0.831. The molecule has 0 bridgehead atoms. The smallest absolute Gasteiger partial charge is 0.165 e. The van der Waals surface area contributed by atoms with Crippen LogP contribution in [0.2, 0.25) is 0 Å². The van der Waals surface area contributed by atoms with Crippen LogP contribution in [0.3, 0.4) is 0 Å². The number of piperazine rings is 1. The second-order valence-electron chi connectivity index (χ2n) is 5.05. The molecular formula is C15H23BrN2O2. The Morgan fingerprint density at radius 1 is 1.20 bits per heavy atom. The van der Waals surface area contributed by atoms with Gasteiger partial charge in [-0.15, -0.1) is 0 Å². The van der Waals surface area contributed by atoms with E-state index in [1.54, 1.807) is 14.2 Å². The minimum Gasteiger partial charge on any atom is -0.493 e. The fourth-order valence-corrected chi connectivity index (χ4v) is 3.08. The van der Waals surface area contributed by atoms with Crippen LogP contribution in [-0.2, 0) is 6.42 Å². The third-order valence-electron chi connectivity index (χ3n) is 3.81. The largest absolute Gasteiger partial charge is 0.493 e. The van der Waals surface area contributed by atoms with Crippen LogP contribution in [0.4, 0.5) is 0 Å². The van der Waals surface area contributed by atoms with Crippen molar-refractivity contribution in [1.29, 1.82) is 0 Å². The van der Waals surface area contributed by atoms with Crippen LogP contribution in [0.1, 0.15) is 11.1 Å². The van der Waals surface area contributed by atoms with Crippen LogP contribution < -0.4 is 14.8 Å². The van der Waals surface area contributed by atoms with Crippen LogP contribution in [0.25, 0.3) is 0 Å². The van der Waals surface area contributed by atoms with Gasteiger partial charge in [0.15, 0.2) is 11.5 Å². The molecule has 0 spiro atoms. The average molecular weight is 343 g/mol. The van der Waals surface area contributed by atoms with Crippen molar-refractivity contribution in [3.63, 3.8) is 0 Å². The number of hydrogen-bond acceptors (Lipinski definition) is 4. The van der Waals surface area contributed by atoms with E-state index in [4.69, 9.17) is 9.47 Å². The number of ether oxygens (including phenoxy) is 2. The van der Waals surface area contributed by atoms with E-state index in [0.29, 0.717) is 0 Å². The first-order valence-corrected chi connectivity index (χ1v) is 7.79. The highest BCUT2D eigenvalue weighted by Gasteiger charge is 2.17. The number of methoxy groups -OCH3 is 2. The SMILES string of the molecule is COc1c(CCN2CCNCC2)cc(Br)c(C)c1OC. The second-order valence-corrected chi connectivity index (χ2v) is 5.90. The molecule has 1 saturated heterocycles. The van der Waals surface area contributed by atoms with Gasteiger partial charge >= 0.3 is 0 Å². The van der Waals surface area contributed by atoms with Crippen LogP contribution in [-0.4, -0.2) is 51.8 Å². The molecule has 1 fully saturated rings. The molecule has 0 aliphatic carbocycles. The summed E-state index contributed by atoms with van der Waals surface area (Å²) in [5, 5.41) is 3.38. The Labute approximate surface area is 129 Å². The molecule has 0 unspecified atom stereocenters. The molecule has 1 heterocycles. The van der Waals surface area contributed by atoms with Crippen molar-refractivity contribution in [3.8, 4) is 11.5 Å². The van der Waals surface area contributed by atoms with Crippen LogP contribution >= 0.6 is 15.9 Å². The maximum Gasteiger partial charge on any atom is 0.165 e. The number of benzene rings is 1. The summed E-state index contributed by atoms with van der Waals surface area (Å²) in [4.78, 5) is 2.48. The van der Waals surface area contributed by atoms with Gasteiger partial charge in [-0.3, -0.25) is 0 Å². The Balaban J connectivity index is 2.15. The normalized spacial score (nSPS) is 16.2. The topological polar surface area (TPSA) is 33.7 Å². The fourth-order valence-electron chi connectivity index (χ4n) is 2.62. The molecule has 1 aliphatic rings.